The number of aliphatic carboxylic acids is 4. The number of phenols is 3. The summed E-state index contributed by atoms with van der Waals surface area (Å²) < 4.78 is 23.6. The number of carboxylic acids is 4. The molecule has 1 aliphatic heterocycles. The van der Waals surface area contributed by atoms with Crippen molar-refractivity contribution in [2.45, 2.75) is 204 Å². The van der Waals surface area contributed by atoms with Crippen LogP contribution in [0.15, 0.2) is 125 Å². The number of carbonyl (C=O) groups is 9. The van der Waals surface area contributed by atoms with Crippen LogP contribution >= 0.6 is 72.2 Å². The molecule has 0 aliphatic carbocycles. The number of hydrogen-bond acceptors (Lipinski definition) is 19. The lowest BCUT2D eigenvalue weighted by Crippen LogP contribution is -2.34. The summed E-state index contributed by atoms with van der Waals surface area (Å²) in [6, 6.07) is 31.2. The first kappa shape index (κ1) is 101. The van der Waals surface area contributed by atoms with Gasteiger partial charge in [0.2, 0.25) is 33.7 Å². The van der Waals surface area contributed by atoms with Crippen LogP contribution in [0.5, 0.6) is 17.2 Å². The Balaban J connectivity index is 0.000000407. The SMILES string of the molecule is CC(CCCCNC(=S)CCCC(=O)O)C(=O)NC1CCSc2ccccc21.CC(CCCCNC(=S)CCCC(=O)O)C(=O)Nc1cccc(O)c1.CC(CCCCNC(=S)CCCC(=O)O)C(=O)Nc1cccc(O)c1.NS(=O)(=O)c1cc(C(=O)CC(CCCCNC(=S)CCCC(=O)O)C(=O)Nc2cccc(O)c2)ccc1Cl. The molecule has 0 saturated carbocycles. The number of benzene rings is 5. The molecular formula is C82H112ClN9O18S6. The van der Waals surface area contributed by atoms with Gasteiger partial charge in [-0.3, -0.25) is 43.2 Å². The van der Waals surface area contributed by atoms with Gasteiger partial charge < -0.3 is 78.3 Å². The minimum Gasteiger partial charge on any atom is -0.508 e. The van der Waals surface area contributed by atoms with Crippen LogP contribution in [-0.4, -0.2) is 149 Å². The van der Waals surface area contributed by atoms with E-state index in [-0.39, 0.29) is 106 Å². The van der Waals surface area contributed by atoms with Crippen LogP contribution in [0.2, 0.25) is 5.02 Å². The normalized spacial score (nSPS) is 12.9. The number of carbonyl (C=O) groups excluding carboxylic acids is 5. The summed E-state index contributed by atoms with van der Waals surface area (Å²) in [6.45, 7) is 8.50. The van der Waals surface area contributed by atoms with Crippen molar-refractivity contribution in [2.24, 2.45) is 28.8 Å². The second-order valence-corrected chi connectivity index (χ2v) is 33.0. The maximum Gasteiger partial charge on any atom is 0.303 e. The van der Waals surface area contributed by atoms with Crippen LogP contribution < -0.4 is 47.7 Å². The zero-order chi connectivity index (χ0) is 86.0. The number of hydrogen-bond donors (Lipinski definition) is 16. The fourth-order valence-electron chi connectivity index (χ4n) is 11.4. The lowest BCUT2D eigenvalue weighted by Gasteiger charge is -2.27. The second-order valence-electron chi connectivity index (χ2n) is 27.9. The van der Waals surface area contributed by atoms with Gasteiger partial charge in [-0.15, -0.1) is 11.8 Å². The number of nitrogens with two attached hydrogens (primary N) is 1. The van der Waals surface area contributed by atoms with Crippen molar-refractivity contribution in [3.63, 3.8) is 0 Å². The Morgan fingerprint density at radius 3 is 1.19 bits per heavy atom. The molecule has 6 rings (SSSR count). The van der Waals surface area contributed by atoms with Gasteiger partial charge in [0.1, 0.15) is 22.1 Å². The van der Waals surface area contributed by atoms with Crippen molar-refractivity contribution in [3.8, 4) is 17.2 Å². The number of primary sulfonamides is 1. The van der Waals surface area contributed by atoms with Crippen molar-refractivity contribution in [2.75, 3.05) is 47.9 Å². The predicted octanol–water partition coefficient (Wildman–Crippen LogP) is 14.8. The first-order valence-electron chi connectivity index (χ1n) is 38.7. The Bertz CT molecular complexity index is 4060. The van der Waals surface area contributed by atoms with E-state index in [1.165, 1.54) is 46.9 Å². The van der Waals surface area contributed by atoms with Crippen LogP contribution in [-0.2, 0) is 48.4 Å². The lowest BCUT2D eigenvalue weighted by molar-refractivity contribution is -0.138. The fraction of sp³-hybridized carbons (Fsp3) is 0.476. The smallest absolute Gasteiger partial charge is 0.303 e. The summed E-state index contributed by atoms with van der Waals surface area (Å²) in [6.07, 6.45) is 15.0. The van der Waals surface area contributed by atoms with E-state index in [9.17, 15) is 66.9 Å². The fourth-order valence-corrected chi connectivity index (χ4v) is 14.6. The van der Waals surface area contributed by atoms with Gasteiger partial charge in [-0.25, -0.2) is 13.6 Å². The molecule has 0 aromatic heterocycles. The van der Waals surface area contributed by atoms with Gasteiger partial charge in [0.15, 0.2) is 5.78 Å². The van der Waals surface area contributed by atoms with Crippen molar-refractivity contribution in [3.05, 3.63) is 131 Å². The largest absolute Gasteiger partial charge is 0.508 e. The number of sulfonamides is 1. The number of Topliss-reactive ketones (excluding diaryl/α,β-unsaturated/α-hetero) is 1. The van der Waals surface area contributed by atoms with Crippen LogP contribution in [0, 0.1) is 23.7 Å². The monoisotopic (exact) mass is 1740 g/mol. The summed E-state index contributed by atoms with van der Waals surface area (Å²) in [4.78, 5) is 108. The number of carboxylic acid groups (broad SMARTS) is 4. The van der Waals surface area contributed by atoms with Crippen LogP contribution in [0.1, 0.15) is 210 Å². The molecule has 34 heteroatoms. The molecule has 17 N–H and O–H groups in total. The van der Waals surface area contributed by atoms with E-state index in [1.807, 2.05) is 44.7 Å². The van der Waals surface area contributed by atoms with Crippen molar-refractivity contribution < 1.29 is 87.3 Å². The number of halogens is 1. The standard InChI is InChI=1S/C25H30ClN3O7S2.C21H30N2O3S2.2C18H26N2O4S/c26-20-11-10-16(14-22(20)38(27,35)36)21(31)13-17(25(34)29-18-6-3-7-19(30)15-18)5-1-2-12-28-23(37)8-4-9-24(32)33;1-15(7-4-5-13-22-19(27)10-6-11-20(24)25)21(26)23-17-12-14-28-18-9-3-2-8-16(17)18;2*1-13(18(24)20-14-7-4-8-15(21)12-14)6-2-3-11-19-16(25)9-5-10-17(22)23/h3,6-7,10-11,14-15,17,30H,1-2,4-5,8-9,12-13H2,(H,28,37)(H,29,34)(H,32,33)(H2,27,35,36);2-3,8-9,15,17H,4-7,10-14H2,1H3,(H,22,27)(H,23,26)(H,24,25);2*4,7-8,12-13,21H,2-3,5-6,9-11H2,1H3,(H,19,25)(H,20,24)(H,22,23). The maximum absolute atomic E-state index is 13.0. The highest BCUT2D eigenvalue weighted by molar-refractivity contribution is 7.99. The van der Waals surface area contributed by atoms with Gasteiger partial charge in [-0.1, -0.05) is 143 Å². The maximum atomic E-state index is 13.0. The molecular weight excluding hydrogens is 1630 g/mol. The molecule has 5 aromatic carbocycles. The van der Waals surface area contributed by atoms with Gasteiger partial charge in [-0.05, 0) is 175 Å². The summed E-state index contributed by atoms with van der Waals surface area (Å²) in [7, 11) is -4.15. The van der Waals surface area contributed by atoms with E-state index in [0.717, 1.165) is 101 Å². The lowest BCUT2D eigenvalue weighted by atomic mass is 9.92. The van der Waals surface area contributed by atoms with Gasteiger partial charge in [0.05, 0.1) is 31.0 Å². The molecule has 0 radical (unpaired) electrons. The van der Waals surface area contributed by atoms with E-state index in [2.05, 4.69) is 54.7 Å². The number of thioether (sulfide) groups is 1. The molecule has 1 aliphatic rings. The number of aromatic hydroxyl groups is 3. The Morgan fingerprint density at radius 2 is 0.819 bits per heavy atom. The second kappa shape index (κ2) is 57.2. The third-order valence-corrected chi connectivity index (χ3v) is 21.9. The van der Waals surface area contributed by atoms with Gasteiger partial charge in [0.25, 0.3) is 0 Å². The molecule has 1 heterocycles. The summed E-state index contributed by atoms with van der Waals surface area (Å²) >= 11 is 28.5. The molecule has 0 saturated heterocycles. The number of ketones is 1. The molecule has 27 nitrogen and oxygen atoms in total. The van der Waals surface area contributed by atoms with Gasteiger partial charge in [-0.2, -0.15) is 0 Å². The van der Waals surface area contributed by atoms with Crippen molar-refractivity contribution in [1.29, 1.82) is 0 Å². The number of phenolic OH excluding ortho intramolecular Hbond substituents is 3. The summed E-state index contributed by atoms with van der Waals surface area (Å²) in [5.41, 5.74) is 2.83. The molecule has 4 amide bonds. The number of nitrogens with one attached hydrogen (secondary N) is 8. The first-order valence-corrected chi connectivity index (χ1v) is 43.3. The third-order valence-electron chi connectivity index (χ3n) is 18.0. The van der Waals surface area contributed by atoms with Crippen molar-refractivity contribution in [1.82, 2.24) is 26.6 Å². The van der Waals surface area contributed by atoms with E-state index in [0.29, 0.717) is 109 Å². The number of amides is 4. The average molecular weight is 1740 g/mol. The number of unbranched alkanes of at least 4 members (excludes halogenated alkanes) is 4. The number of fused-ring (bicyclic) bond motifs is 1. The number of anilines is 3. The Kier molecular flexibility index (Phi) is 49.9. The molecule has 636 valence electrons. The highest BCUT2D eigenvalue weighted by atomic mass is 35.5. The highest BCUT2D eigenvalue weighted by Gasteiger charge is 2.27. The molecule has 0 spiro atoms. The highest BCUT2D eigenvalue weighted by Crippen LogP contribution is 2.36. The molecule has 5 aromatic rings. The first-order chi connectivity index (χ1) is 55.1. The zero-order valence-corrected chi connectivity index (χ0v) is 71.5. The number of rotatable bonds is 48. The topological polar surface area (TPSA) is 452 Å². The third kappa shape index (κ3) is 46.1. The average Bonchev–Trinajstić information content (AvgIpc) is 0.823. The Hall–Kier alpha value is -8.96. The number of thiocarbonyl (C=S) groups is 4. The van der Waals surface area contributed by atoms with Crippen molar-refractivity contribution >= 4 is 173 Å². The zero-order valence-electron chi connectivity index (χ0n) is 65.8. The Morgan fingerprint density at radius 1 is 0.457 bits per heavy atom. The predicted molar refractivity (Wildman–Crippen MR) is 469 cm³/mol. The van der Waals surface area contributed by atoms with Gasteiger partial charge in [0, 0.05) is 133 Å². The van der Waals surface area contributed by atoms with E-state index >= 15 is 0 Å². The Labute approximate surface area is 710 Å². The van der Waals surface area contributed by atoms with E-state index in [1.54, 1.807) is 48.5 Å². The van der Waals surface area contributed by atoms with Crippen LogP contribution in [0.4, 0.5) is 17.1 Å². The van der Waals surface area contributed by atoms with Crippen LogP contribution in [0.3, 0.4) is 0 Å². The minimum absolute atomic E-state index is 0.00994. The molecule has 0 fully saturated rings. The van der Waals surface area contributed by atoms with Crippen LogP contribution in [0.25, 0.3) is 0 Å². The van der Waals surface area contributed by atoms with Gasteiger partial charge >= 0.3 is 23.9 Å². The molecule has 0 bridgehead atoms. The molecule has 5 atom stereocenters. The quantitative estimate of drug-likeness (QED) is 0.00977. The summed E-state index contributed by atoms with van der Waals surface area (Å²) in [5.74, 6) is -3.92. The van der Waals surface area contributed by atoms with E-state index in [4.69, 9.17) is 86.0 Å². The summed E-state index contributed by atoms with van der Waals surface area (Å²) in [5, 5.41) is 92.0. The van der Waals surface area contributed by atoms with E-state index < -0.39 is 51.5 Å². The molecule has 116 heavy (non-hydrogen) atoms. The molecule has 5 unspecified atom stereocenters. The minimum atomic E-state index is -4.15.